The van der Waals surface area contributed by atoms with E-state index in [-0.39, 0.29) is 28.3 Å². The van der Waals surface area contributed by atoms with Crippen molar-refractivity contribution in [3.8, 4) is 23.0 Å². The third kappa shape index (κ3) is 5.10. The van der Waals surface area contributed by atoms with Gasteiger partial charge in [-0.1, -0.05) is 26.0 Å². The number of halogens is 2. The number of anilines is 1. The Labute approximate surface area is 184 Å². The Kier molecular flexibility index (Phi) is 6.87. The molecule has 0 fully saturated rings. The number of ether oxygens (including phenoxy) is 1. The second-order valence-electron chi connectivity index (χ2n) is 6.99. The Morgan fingerprint density at radius 2 is 1.88 bits per heavy atom. The maximum Gasteiger partial charge on any atom is 0.324 e. The highest BCUT2D eigenvalue weighted by atomic mass is 32.2. The predicted molar refractivity (Wildman–Crippen MR) is 116 cm³/mol. The van der Waals surface area contributed by atoms with E-state index < -0.39 is 33.5 Å². The zero-order valence-corrected chi connectivity index (χ0v) is 18.5. The second kappa shape index (κ2) is 9.43. The molecule has 0 saturated carbocycles. The Hall–Kier alpha value is -3.34. The molecule has 32 heavy (non-hydrogen) atoms. The smallest absolute Gasteiger partial charge is 0.324 e. The zero-order chi connectivity index (χ0) is 23.5. The summed E-state index contributed by atoms with van der Waals surface area (Å²) in [6, 6.07) is 6.46. The fraction of sp³-hybridized carbons (Fsp3) is 0.286. The monoisotopic (exact) mass is 464 g/mol. The third-order valence-electron chi connectivity index (χ3n) is 4.54. The van der Waals surface area contributed by atoms with Gasteiger partial charge in [0.15, 0.2) is 23.2 Å². The molecule has 0 unspecified atom stereocenters. The van der Waals surface area contributed by atoms with Crippen LogP contribution in [0.5, 0.6) is 11.8 Å². The third-order valence-corrected chi connectivity index (χ3v) is 5.99. The molecule has 0 bridgehead atoms. The molecule has 1 N–H and O–H groups in total. The minimum atomic E-state index is -3.90. The lowest BCUT2D eigenvalue weighted by Crippen LogP contribution is -2.19. The van der Waals surface area contributed by atoms with Crippen molar-refractivity contribution in [3.63, 3.8) is 0 Å². The Balaban J connectivity index is 2.18. The van der Waals surface area contributed by atoms with Gasteiger partial charge < -0.3 is 9.30 Å². The predicted octanol–water partition coefficient (Wildman–Crippen LogP) is 3.63. The molecule has 0 aliphatic carbocycles. The van der Waals surface area contributed by atoms with Gasteiger partial charge in [0.05, 0.1) is 5.75 Å². The normalized spacial score (nSPS) is 11.4. The van der Waals surface area contributed by atoms with Gasteiger partial charge in [-0.2, -0.15) is 9.97 Å². The molecular formula is C21H22F2N4O4S. The van der Waals surface area contributed by atoms with Crippen molar-refractivity contribution in [2.24, 2.45) is 7.05 Å². The van der Waals surface area contributed by atoms with E-state index in [9.17, 15) is 17.6 Å². The number of sulfonamides is 1. The van der Waals surface area contributed by atoms with Crippen LogP contribution in [0.15, 0.2) is 41.3 Å². The summed E-state index contributed by atoms with van der Waals surface area (Å²) in [5.74, 6) is -2.76. The molecule has 2 heterocycles. The molecule has 3 rings (SSSR count). The van der Waals surface area contributed by atoms with E-state index in [1.807, 2.05) is 0 Å². The van der Waals surface area contributed by atoms with Crippen molar-refractivity contribution >= 4 is 15.8 Å². The SMILES string of the molecule is CCCS(=O)(=O)Nc1nc(Oc2c(F)cccc2CC)nc(-c2ccc(=O)n(C)c2)c1F. The van der Waals surface area contributed by atoms with Gasteiger partial charge >= 0.3 is 6.01 Å². The Morgan fingerprint density at radius 1 is 1.12 bits per heavy atom. The molecule has 2 aromatic heterocycles. The maximum atomic E-state index is 15.2. The number of hydrogen-bond acceptors (Lipinski definition) is 6. The van der Waals surface area contributed by atoms with Crippen LogP contribution in [0.4, 0.5) is 14.6 Å². The average Bonchev–Trinajstić information content (AvgIpc) is 2.73. The Morgan fingerprint density at radius 3 is 2.53 bits per heavy atom. The average molecular weight is 464 g/mol. The fourth-order valence-electron chi connectivity index (χ4n) is 2.97. The molecule has 0 amide bonds. The highest BCUT2D eigenvalue weighted by molar-refractivity contribution is 7.92. The van der Waals surface area contributed by atoms with Gasteiger partial charge in [-0.15, -0.1) is 0 Å². The molecule has 8 nitrogen and oxygen atoms in total. The van der Waals surface area contributed by atoms with Crippen LogP contribution in [0.25, 0.3) is 11.3 Å². The van der Waals surface area contributed by atoms with Gasteiger partial charge in [-0.25, -0.2) is 17.2 Å². The van der Waals surface area contributed by atoms with Crippen LogP contribution in [0, 0.1) is 11.6 Å². The lowest BCUT2D eigenvalue weighted by atomic mass is 10.1. The number of para-hydroxylation sites is 1. The summed E-state index contributed by atoms with van der Waals surface area (Å²) in [4.78, 5) is 19.6. The molecule has 1 aromatic carbocycles. The molecule has 0 aliphatic rings. The summed E-state index contributed by atoms with van der Waals surface area (Å²) in [7, 11) is -2.42. The van der Waals surface area contributed by atoms with Gasteiger partial charge in [0, 0.05) is 24.9 Å². The highest BCUT2D eigenvalue weighted by Crippen LogP contribution is 2.32. The van der Waals surface area contributed by atoms with Crippen molar-refractivity contribution in [2.45, 2.75) is 26.7 Å². The van der Waals surface area contributed by atoms with E-state index in [1.165, 1.54) is 42.1 Å². The lowest BCUT2D eigenvalue weighted by Gasteiger charge is -2.14. The number of aryl methyl sites for hydroxylation is 2. The first kappa shape index (κ1) is 23.3. The first-order chi connectivity index (χ1) is 15.1. The number of aromatic nitrogens is 3. The maximum absolute atomic E-state index is 15.2. The second-order valence-corrected chi connectivity index (χ2v) is 8.83. The fourth-order valence-corrected chi connectivity index (χ4v) is 4.04. The standard InChI is InChI=1S/C21H22F2N4O4S/c1-4-11-32(29,30)26-20-17(23)18(14-9-10-16(28)27(3)12-14)24-21(25-20)31-19-13(5-2)7-6-8-15(19)22/h6-10,12H,4-5,11H2,1-3H3,(H,24,25,26). The zero-order valence-electron chi connectivity index (χ0n) is 17.7. The minimum Gasteiger partial charge on any atom is -0.421 e. The van der Waals surface area contributed by atoms with Crippen LogP contribution in [0.1, 0.15) is 25.8 Å². The van der Waals surface area contributed by atoms with Crippen molar-refractivity contribution < 1.29 is 21.9 Å². The van der Waals surface area contributed by atoms with Crippen LogP contribution >= 0.6 is 0 Å². The van der Waals surface area contributed by atoms with Crippen molar-refractivity contribution in [1.82, 2.24) is 14.5 Å². The molecule has 0 spiro atoms. The van der Waals surface area contributed by atoms with Gasteiger partial charge in [0.1, 0.15) is 5.69 Å². The van der Waals surface area contributed by atoms with Gasteiger partial charge in [0.2, 0.25) is 15.6 Å². The summed E-state index contributed by atoms with van der Waals surface area (Å²) in [5.41, 5.74) is 0.0587. The lowest BCUT2D eigenvalue weighted by molar-refractivity contribution is 0.405. The summed E-state index contributed by atoms with van der Waals surface area (Å²) in [6.45, 7) is 3.46. The molecular weight excluding hydrogens is 442 g/mol. The van der Waals surface area contributed by atoms with E-state index in [2.05, 4.69) is 14.7 Å². The summed E-state index contributed by atoms with van der Waals surface area (Å²) < 4.78 is 63.0. The van der Waals surface area contributed by atoms with Crippen molar-refractivity contribution in [2.75, 3.05) is 10.5 Å². The van der Waals surface area contributed by atoms with Gasteiger partial charge in [-0.05, 0) is 30.5 Å². The number of hydrogen-bond donors (Lipinski definition) is 1. The number of nitrogens with one attached hydrogen (secondary N) is 1. The number of rotatable bonds is 8. The number of pyridine rings is 1. The molecule has 3 aromatic rings. The van der Waals surface area contributed by atoms with Crippen molar-refractivity contribution in [1.29, 1.82) is 0 Å². The largest absolute Gasteiger partial charge is 0.421 e. The van der Waals surface area contributed by atoms with Crippen LogP contribution in [0.2, 0.25) is 0 Å². The van der Waals surface area contributed by atoms with Gasteiger partial charge in [-0.3, -0.25) is 9.52 Å². The van der Waals surface area contributed by atoms with Crippen LogP contribution < -0.4 is 15.0 Å². The topological polar surface area (TPSA) is 103 Å². The minimum absolute atomic E-state index is 0.143. The molecule has 170 valence electrons. The first-order valence-electron chi connectivity index (χ1n) is 9.85. The molecule has 0 atom stereocenters. The van der Waals surface area contributed by atoms with Crippen LogP contribution in [-0.2, 0) is 23.5 Å². The first-order valence-corrected chi connectivity index (χ1v) is 11.5. The van der Waals surface area contributed by atoms with Crippen LogP contribution in [-0.4, -0.2) is 28.7 Å². The molecule has 11 heteroatoms. The molecule has 0 saturated heterocycles. The van der Waals surface area contributed by atoms with E-state index in [0.717, 1.165) is 0 Å². The molecule has 0 aliphatic heterocycles. The summed E-state index contributed by atoms with van der Waals surface area (Å²) in [6.07, 6.45) is 2.08. The van der Waals surface area contributed by atoms with Gasteiger partial charge in [0.25, 0.3) is 0 Å². The van der Waals surface area contributed by atoms with E-state index >= 15 is 4.39 Å². The number of benzene rings is 1. The summed E-state index contributed by atoms with van der Waals surface area (Å²) in [5, 5.41) is 0. The van der Waals surface area contributed by atoms with E-state index in [0.29, 0.717) is 18.4 Å². The van der Waals surface area contributed by atoms with Crippen LogP contribution in [0.3, 0.4) is 0 Å². The van der Waals surface area contributed by atoms with E-state index in [1.54, 1.807) is 19.9 Å². The van der Waals surface area contributed by atoms with E-state index in [4.69, 9.17) is 4.74 Å². The quantitative estimate of drug-likeness (QED) is 0.546. The van der Waals surface area contributed by atoms with Crippen molar-refractivity contribution in [3.05, 3.63) is 64.1 Å². The molecule has 0 radical (unpaired) electrons. The number of nitrogens with zero attached hydrogens (tertiary/aromatic N) is 3. The highest BCUT2D eigenvalue weighted by Gasteiger charge is 2.22. The Bertz CT molecular complexity index is 1310. The summed E-state index contributed by atoms with van der Waals surface area (Å²) >= 11 is 0.